The van der Waals surface area contributed by atoms with Gasteiger partial charge in [0.1, 0.15) is 0 Å². The Hall–Kier alpha value is -0.690. The molecule has 6 heteroatoms. The highest BCUT2D eigenvalue weighted by atomic mass is 16.4. The van der Waals surface area contributed by atoms with Crippen LogP contribution in [0.3, 0.4) is 0 Å². The Morgan fingerprint density at radius 3 is 2.69 bits per heavy atom. The van der Waals surface area contributed by atoms with E-state index in [2.05, 4.69) is 4.90 Å². The zero-order valence-corrected chi connectivity index (χ0v) is 9.89. The van der Waals surface area contributed by atoms with Crippen LogP contribution in [0.5, 0.6) is 0 Å². The number of likely N-dealkylation sites (N-methyl/N-ethyl adjacent to an activating group) is 1. The van der Waals surface area contributed by atoms with E-state index in [-0.39, 0.29) is 12.6 Å². The Balaban J connectivity index is 2.62. The van der Waals surface area contributed by atoms with Crippen molar-refractivity contribution in [2.24, 2.45) is 5.73 Å². The van der Waals surface area contributed by atoms with E-state index < -0.39 is 11.6 Å². The molecule has 0 aromatic carbocycles. The largest absolute Gasteiger partial charge is 0.479 e. The molecular formula is C10H21N3O3. The molecule has 1 fully saturated rings. The fourth-order valence-corrected chi connectivity index (χ4v) is 1.94. The quantitative estimate of drug-likeness (QED) is 0.540. The predicted octanol–water partition coefficient (Wildman–Crippen LogP) is -1.60. The molecule has 2 unspecified atom stereocenters. The lowest BCUT2D eigenvalue weighted by atomic mass is 10.0. The van der Waals surface area contributed by atoms with E-state index in [0.717, 1.165) is 19.6 Å². The summed E-state index contributed by atoms with van der Waals surface area (Å²) in [6.45, 7) is 4.33. The van der Waals surface area contributed by atoms with Gasteiger partial charge in [0.15, 0.2) is 5.60 Å². The number of piperazine rings is 1. The highest BCUT2D eigenvalue weighted by Crippen LogP contribution is 2.13. The molecule has 1 saturated heterocycles. The van der Waals surface area contributed by atoms with Gasteiger partial charge in [-0.1, -0.05) is 0 Å². The first-order chi connectivity index (χ1) is 7.36. The molecule has 0 saturated carbocycles. The minimum absolute atomic E-state index is 0.115. The molecule has 1 rings (SSSR count). The van der Waals surface area contributed by atoms with Crippen LogP contribution >= 0.6 is 0 Å². The number of carbonyl (C=O) groups is 1. The standard InChI is InChI=1S/C10H21N3O3/c1-10(16,9(14)15)7-13-4-3-12(2)6-8(13)5-11/h8,16H,3-7,11H2,1-2H3,(H,14,15). The number of hydrogen-bond donors (Lipinski definition) is 3. The molecule has 16 heavy (non-hydrogen) atoms. The number of carboxylic acid groups (broad SMARTS) is 1. The second kappa shape index (κ2) is 5.09. The summed E-state index contributed by atoms with van der Waals surface area (Å²) in [5, 5.41) is 18.6. The first kappa shape index (κ1) is 13.4. The minimum Gasteiger partial charge on any atom is -0.479 e. The molecule has 0 aromatic rings. The van der Waals surface area contributed by atoms with E-state index in [1.807, 2.05) is 11.9 Å². The lowest BCUT2D eigenvalue weighted by molar-refractivity contribution is -0.159. The molecule has 2 atom stereocenters. The summed E-state index contributed by atoms with van der Waals surface area (Å²) < 4.78 is 0. The molecular weight excluding hydrogens is 210 g/mol. The van der Waals surface area contributed by atoms with Crippen molar-refractivity contribution in [3.63, 3.8) is 0 Å². The van der Waals surface area contributed by atoms with E-state index in [1.165, 1.54) is 6.92 Å². The number of carboxylic acids is 1. The van der Waals surface area contributed by atoms with Crippen molar-refractivity contribution in [3.8, 4) is 0 Å². The number of aliphatic carboxylic acids is 1. The van der Waals surface area contributed by atoms with Gasteiger partial charge in [-0.05, 0) is 14.0 Å². The van der Waals surface area contributed by atoms with E-state index in [1.54, 1.807) is 0 Å². The monoisotopic (exact) mass is 231 g/mol. The molecule has 0 radical (unpaired) electrons. The second-order valence-electron chi connectivity index (χ2n) is 4.70. The van der Waals surface area contributed by atoms with Gasteiger partial charge in [0.05, 0.1) is 0 Å². The number of β-amino-alcohol motifs (C(OH)–C–C–N with tert-alkyl or cyclic N) is 1. The maximum atomic E-state index is 10.8. The Morgan fingerprint density at radius 2 is 2.19 bits per heavy atom. The minimum atomic E-state index is -1.71. The van der Waals surface area contributed by atoms with E-state index >= 15 is 0 Å². The molecule has 0 spiro atoms. The number of rotatable bonds is 4. The van der Waals surface area contributed by atoms with Crippen LogP contribution in [0.4, 0.5) is 0 Å². The van der Waals surface area contributed by atoms with E-state index in [0.29, 0.717) is 6.54 Å². The molecule has 0 amide bonds. The Bertz CT molecular complexity index is 258. The number of nitrogens with two attached hydrogens (primary N) is 1. The number of hydrogen-bond acceptors (Lipinski definition) is 5. The third kappa shape index (κ3) is 3.15. The zero-order valence-electron chi connectivity index (χ0n) is 9.89. The summed E-state index contributed by atoms with van der Waals surface area (Å²) in [5.74, 6) is -1.19. The van der Waals surface area contributed by atoms with Crippen LogP contribution in [0.15, 0.2) is 0 Å². The van der Waals surface area contributed by atoms with Gasteiger partial charge >= 0.3 is 5.97 Å². The molecule has 0 aromatic heterocycles. The Kier molecular flexibility index (Phi) is 4.26. The van der Waals surface area contributed by atoms with Crippen LogP contribution < -0.4 is 5.73 Å². The average Bonchev–Trinajstić information content (AvgIpc) is 2.20. The molecule has 1 aliphatic rings. The summed E-state index contributed by atoms with van der Waals surface area (Å²) in [7, 11) is 2.01. The van der Waals surface area contributed by atoms with Gasteiger partial charge in [-0.25, -0.2) is 4.79 Å². The normalized spacial score (nSPS) is 27.6. The Morgan fingerprint density at radius 1 is 1.56 bits per heavy atom. The molecule has 6 nitrogen and oxygen atoms in total. The van der Waals surface area contributed by atoms with Gasteiger partial charge in [-0.15, -0.1) is 0 Å². The Labute approximate surface area is 95.6 Å². The van der Waals surface area contributed by atoms with Gasteiger partial charge in [0.2, 0.25) is 0 Å². The van der Waals surface area contributed by atoms with Crippen LogP contribution in [0.2, 0.25) is 0 Å². The summed E-state index contributed by atoms with van der Waals surface area (Å²) in [6.07, 6.45) is 0. The topological polar surface area (TPSA) is 90.0 Å². The van der Waals surface area contributed by atoms with Gasteiger partial charge in [0, 0.05) is 38.8 Å². The van der Waals surface area contributed by atoms with Crippen LogP contribution in [-0.4, -0.2) is 77.4 Å². The third-order valence-electron chi connectivity index (χ3n) is 3.05. The summed E-state index contributed by atoms with van der Waals surface area (Å²) in [6, 6.07) is 0.115. The molecule has 4 N–H and O–H groups in total. The second-order valence-corrected chi connectivity index (χ2v) is 4.70. The highest BCUT2D eigenvalue weighted by Gasteiger charge is 2.35. The number of aliphatic hydroxyl groups is 1. The summed E-state index contributed by atoms with van der Waals surface area (Å²) in [4.78, 5) is 14.9. The highest BCUT2D eigenvalue weighted by molar-refractivity contribution is 5.76. The van der Waals surface area contributed by atoms with Crippen molar-refractivity contribution in [1.82, 2.24) is 9.80 Å². The number of nitrogens with zero attached hydrogens (tertiary/aromatic N) is 2. The first-order valence-corrected chi connectivity index (χ1v) is 5.45. The van der Waals surface area contributed by atoms with Crippen molar-refractivity contribution < 1.29 is 15.0 Å². The molecule has 0 bridgehead atoms. The third-order valence-corrected chi connectivity index (χ3v) is 3.05. The average molecular weight is 231 g/mol. The van der Waals surface area contributed by atoms with Gasteiger partial charge in [-0.2, -0.15) is 0 Å². The van der Waals surface area contributed by atoms with Crippen molar-refractivity contribution in [2.45, 2.75) is 18.6 Å². The molecule has 1 heterocycles. The van der Waals surface area contributed by atoms with Crippen molar-refractivity contribution >= 4 is 5.97 Å². The molecule has 94 valence electrons. The summed E-state index contributed by atoms with van der Waals surface area (Å²) >= 11 is 0. The van der Waals surface area contributed by atoms with Crippen molar-refractivity contribution in [3.05, 3.63) is 0 Å². The maximum Gasteiger partial charge on any atom is 0.336 e. The van der Waals surface area contributed by atoms with Crippen LogP contribution in [0.1, 0.15) is 6.92 Å². The molecule has 1 aliphatic heterocycles. The van der Waals surface area contributed by atoms with Gasteiger partial charge < -0.3 is 20.8 Å². The van der Waals surface area contributed by atoms with Crippen molar-refractivity contribution in [2.75, 3.05) is 39.8 Å². The smallest absolute Gasteiger partial charge is 0.336 e. The SMILES string of the molecule is CN1CCN(CC(C)(O)C(=O)O)C(CN)C1. The maximum absolute atomic E-state index is 10.8. The van der Waals surface area contributed by atoms with Crippen LogP contribution in [-0.2, 0) is 4.79 Å². The van der Waals surface area contributed by atoms with Crippen LogP contribution in [0.25, 0.3) is 0 Å². The fourth-order valence-electron chi connectivity index (χ4n) is 1.94. The first-order valence-electron chi connectivity index (χ1n) is 5.45. The predicted molar refractivity (Wildman–Crippen MR) is 60.2 cm³/mol. The van der Waals surface area contributed by atoms with Crippen molar-refractivity contribution in [1.29, 1.82) is 0 Å². The fraction of sp³-hybridized carbons (Fsp3) is 0.900. The van der Waals surface area contributed by atoms with E-state index in [4.69, 9.17) is 10.8 Å². The zero-order chi connectivity index (χ0) is 12.3. The lowest BCUT2D eigenvalue weighted by Crippen LogP contribution is -2.59. The van der Waals surface area contributed by atoms with Gasteiger partial charge in [-0.3, -0.25) is 4.90 Å². The van der Waals surface area contributed by atoms with Gasteiger partial charge in [0.25, 0.3) is 0 Å². The van der Waals surface area contributed by atoms with E-state index in [9.17, 15) is 9.90 Å². The summed E-state index contributed by atoms with van der Waals surface area (Å²) in [5.41, 5.74) is 3.95. The molecule has 0 aliphatic carbocycles. The lowest BCUT2D eigenvalue weighted by Gasteiger charge is -2.41. The van der Waals surface area contributed by atoms with Crippen LogP contribution in [0, 0.1) is 0 Å².